The van der Waals surface area contributed by atoms with Crippen molar-refractivity contribution in [3.8, 4) is 0 Å². The minimum atomic E-state index is 0.453. The summed E-state index contributed by atoms with van der Waals surface area (Å²) in [5.74, 6) is 0. The smallest absolute Gasteiger partial charge is 0.0100 e. The van der Waals surface area contributed by atoms with Crippen LogP contribution in [0, 0.1) is 5.41 Å². The zero-order valence-electron chi connectivity index (χ0n) is 13.4. The van der Waals surface area contributed by atoms with Crippen molar-refractivity contribution in [2.24, 2.45) is 5.41 Å². The van der Waals surface area contributed by atoms with E-state index in [2.05, 4.69) is 72.1 Å². The van der Waals surface area contributed by atoms with E-state index in [1.807, 2.05) is 0 Å². The van der Waals surface area contributed by atoms with Crippen LogP contribution in [0.3, 0.4) is 0 Å². The molecule has 1 rings (SSSR count). The number of hydrogen-bond donors (Lipinski definition) is 0. The van der Waals surface area contributed by atoms with Gasteiger partial charge in [-0.2, -0.15) is 0 Å². The molecule has 1 aromatic carbocycles. The van der Waals surface area contributed by atoms with Crippen LogP contribution in [0.1, 0.15) is 45.1 Å². The lowest BCUT2D eigenvalue weighted by molar-refractivity contribution is 0.172. The molecule has 0 fully saturated rings. The van der Waals surface area contributed by atoms with Crippen molar-refractivity contribution in [3.63, 3.8) is 0 Å². The fourth-order valence-electron chi connectivity index (χ4n) is 3.14. The zero-order chi connectivity index (χ0) is 14.8. The van der Waals surface area contributed by atoms with E-state index >= 15 is 0 Å². The van der Waals surface area contributed by atoms with Crippen LogP contribution in [0.5, 0.6) is 0 Å². The average Bonchev–Trinajstić information content (AvgIpc) is 2.46. The van der Waals surface area contributed by atoms with E-state index in [0.29, 0.717) is 5.41 Å². The van der Waals surface area contributed by atoms with E-state index in [-0.39, 0.29) is 0 Å². The van der Waals surface area contributed by atoms with E-state index in [4.69, 9.17) is 0 Å². The lowest BCUT2D eigenvalue weighted by Crippen LogP contribution is -2.38. The number of halogens is 1. The Bertz CT molecular complexity index is 344. The van der Waals surface area contributed by atoms with E-state index in [9.17, 15) is 0 Å². The van der Waals surface area contributed by atoms with Crippen molar-refractivity contribution in [3.05, 3.63) is 35.9 Å². The quantitative estimate of drug-likeness (QED) is 0.533. The maximum absolute atomic E-state index is 3.77. The Labute approximate surface area is 133 Å². The first-order valence-electron chi connectivity index (χ1n) is 7.94. The van der Waals surface area contributed by atoms with Gasteiger partial charge in [0.15, 0.2) is 0 Å². The molecule has 0 atom stereocenters. The largest absolute Gasteiger partial charge is 0.305 e. The van der Waals surface area contributed by atoms with Gasteiger partial charge in [-0.3, -0.25) is 0 Å². The fraction of sp³-hybridized carbons (Fsp3) is 0.667. The van der Waals surface area contributed by atoms with E-state index < -0.39 is 0 Å². The van der Waals surface area contributed by atoms with Crippen LogP contribution in [0.15, 0.2) is 30.3 Å². The van der Waals surface area contributed by atoms with Gasteiger partial charge in [-0.1, -0.05) is 73.0 Å². The van der Waals surface area contributed by atoms with E-state index in [1.54, 1.807) is 0 Å². The van der Waals surface area contributed by atoms with Gasteiger partial charge in [0.2, 0.25) is 0 Å². The molecule has 0 N–H and O–H groups in total. The number of nitrogens with zero attached hydrogens (tertiary/aromatic N) is 1. The van der Waals surface area contributed by atoms with Gasteiger partial charge in [0.25, 0.3) is 0 Å². The summed E-state index contributed by atoms with van der Waals surface area (Å²) < 4.78 is 0. The van der Waals surface area contributed by atoms with Crippen LogP contribution in [0.2, 0.25) is 0 Å². The third-order valence-electron chi connectivity index (χ3n) is 4.07. The SMILES string of the molecule is CCCC(CBr)(CCC)CN(C)CCc1ccccc1. The van der Waals surface area contributed by atoms with Gasteiger partial charge in [0.1, 0.15) is 0 Å². The van der Waals surface area contributed by atoms with Crippen LogP contribution in [0.4, 0.5) is 0 Å². The number of hydrogen-bond acceptors (Lipinski definition) is 1. The highest BCUT2D eigenvalue weighted by atomic mass is 79.9. The molecule has 2 heteroatoms. The molecule has 20 heavy (non-hydrogen) atoms. The van der Waals surface area contributed by atoms with E-state index in [0.717, 1.165) is 18.3 Å². The Morgan fingerprint density at radius 3 is 2.15 bits per heavy atom. The average molecular weight is 340 g/mol. The van der Waals surface area contributed by atoms with Crippen molar-refractivity contribution < 1.29 is 0 Å². The summed E-state index contributed by atoms with van der Waals surface area (Å²) in [7, 11) is 2.27. The second kappa shape index (κ2) is 9.57. The molecule has 0 aliphatic heterocycles. The summed E-state index contributed by atoms with van der Waals surface area (Å²) in [6, 6.07) is 10.8. The molecule has 0 aromatic heterocycles. The van der Waals surface area contributed by atoms with E-state index in [1.165, 1.54) is 37.8 Å². The highest BCUT2D eigenvalue weighted by molar-refractivity contribution is 9.09. The normalized spacial score (nSPS) is 12.1. The molecule has 114 valence electrons. The summed E-state index contributed by atoms with van der Waals surface area (Å²) in [6.07, 6.45) is 6.34. The molecule has 0 aliphatic carbocycles. The lowest BCUT2D eigenvalue weighted by Gasteiger charge is -2.36. The summed E-state index contributed by atoms with van der Waals surface area (Å²) in [4.78, 5) is 2.51. The number of likely N-dealkylation sites (N-methyl/N-ethyl adjacent to an activating group) is 1. The second-order valence-electron chi connectivity index (χ2n) is 6.11. The highest BCUT2D eigenvalue weighted by Crippen LogP contribution is 2.32. The Kier molecular flexibility index (Phi) is 8.47. The molecular formula is C18H30BrN. The Hall–Kier alpha value is -0.340. The molecule has 0 saturated carbocycles. The third kappa shape index (κ3) is 5.97. The lowest BCUT2D eigenvalue weighted by atomic mass is 9.80. The molecule has 0 bridgehead atoms. The topological polar surface area (TPSA) is 3.24 Å². The predicted octanol–water partition coefficient (Wildman–Crippen LogP) is 5.14. The molecule has 1 aromatic rings. The van der Waals surface area contributed by atoms with Gasteiger partial charge >= 0.3 is 0 Å². The van der Waals surface area contributed by atoms with Crippen LogP contribution in [-0.2, 0) is 6.42 Å². The molecule has 0 unspecified atom stereocenters. The van der Waals surface area contributed by atoms with Gasteiger partial charge in [0, 0.05) is 18.4 Å². The number of rotatable bonds is 10. The Balaban J connectivity index is 2.50. The number of alkyl halides is 1. The van der Waals surface area contributed by atoms with Gasteiger partial charge in [-0.05, 0) is 37.3 Å². The van der Waals surface area contributed by atoms with Crippen molar-refractivity contribution in [1.82, 2.24) is 4.90 Å². The molecule has 0 radical (unpaired) electrons. The summed E-state index contributed by atoms with van der Waals surface area (Å²) in [5.41, 5.74) is 1.89. The molecular weight excluding hydrogens is 310 g/mol. The molecule has 0 spiro atoms. The monoisotopic (exact) mass is 339 g/mol. The maximum Gasteiger partial charge on any atom is 0.0100 e. The third-order valence-corrected chi connectivity index (χ3v) is 5.26. The summed E-state index contributed by atoms with van der Waals surface area (Å²) >= 11 is 3.77. The first kappa shape index (κ1) is 17.7. The van der Waals surface area contributed by atoms with Crippen molar-refractivity contribution >= 4 is 15.9 Å². The van der Waals surface area contributed by atoms with Crippen LogP contribution < -0.4 is 0 Å². The maximum atomic E-state index is 3.77. The molecule has 0 saturated heterocycles. The molecule has 0 aliphatic rings. The summed E-state index contributed by atoms with van der Waals surface area (Å²) in [5, 5.41) is 1.12. The van der Waals surface area contributed by atoms with Crippen molar-refractivity contribution in [2.75, 3.05) is 25.5 Å². The second-order valence-corrected chi connectivity index (χ2v) is 6.67. The van der Waals surface area contributed by atoms with Gasteiger partial charge in [-0.15, -0.1) is 0 Å². The first-order valence-corrected chi connectivity index (χ1v) is 9.06. The van der Waals surface area contributed by atoms with Crippen LogP contribution >= 0.6 is 15.9 Å². The predicted molar refractivity (Wildman–Crippen MR) is 93.7 cm³/mol. The van der Waals surface area contributed by atoms with Crippen molar-refractivity contribution in [2.45, 2.75) is 46.0 Å². The van der Waals surface area contributed by atoms with Gasteiger partial charge in [-0.25, -0.2) is 0 Å². The Morgan fingerprint density at radius 2 is 1.65 bits per heavy atom. The zero-order valence-corrected chi connectivity index (χ0v) is 15.0. The molecule has 0 amide bonds. The molecule has 0 heterocycles. The van der Waals surface area contributed by atoms with Crippen LogP contribution in [0.25, 0.3) is 0 Å². The first-order chi connectivity index (χ1) is 9.65. The van der Waals surface area contributed by atoms with Gasteiger partial charge in [0.05, 0.1) is 0 Å². The fourth-order valence-corrected chi connectivity index (χ4v) is 3.87. The Morgan fingerprint density at radius 1 is 1.05 bits per heavy atom. The van der Waals surface area contributed by atoms with Gasteiger partial charge < -0.3 is 4.90 Å². The summed E-state index contributed by atoms with van der Waals surface area (Å²) in [6.45, 7) is 6.95. The minimum Gasteiger partial charge on any atom is -0.305 e. The molecule has 1 nitrogen and oxygen atoms in total. The number of benzene rings is 1. The highest BCUT2D eigenvalue weighted by Gasteiger charge is 2.28. The standard InChI is InChI=1S/C18H30BrN/c1-4-12-18(15-19,13-5-2)16-20(3)14-11-17-9-7-6-8-10-17/h6-10H,4-5,11-16H2,1-3H3. The van der Waals surface area contributed by atoms with Crippen molar-refractivity contribution in [1.29, 1.82) is 0 Å². The van der Waals surface area contributed by atoms with Crippen LogP contribution in [-0.4, -0.2) is 30.4 Å². The minimum absolute atomic E-state index is 0.453.